The molecule has 4 nitrogen and oxygen atoms in total. The summed E-state index contributed by atoms with van der Waals surface area (Å²) in [6.45, 7) is 0. The minimum Gasteiger partial charge on any atom is -0.267 e. The second-order valence-corrected chi connectivity index (χ2v) is 6.77. The average molecular weight is 418 g/mol. The molecule has 134 valence electrons. The maximum Gasteiger partial charge on any atom is 0.277 e. The van der Waals surface area contributed by atoms with Gasteiger partial charge in [0.2, 0.25) is 0 Å². The number of halogens is 3. The molecule has 2 aromatic rings. The lowest BCUT2D eigenvalue weighted by molar-refractivity contribution is 0.0994. The van der Waals surface area contributed by atoms with Crippen LogP contribution in [0.2, 0.25) is 10.0 Å². The standard InChI is InChI=1S/C20H11Cl3N2O2/c21-14-5-1-3-12(9-14)19(26)24-16-7-8-18(17(23)11-16)25-20(27)13-4-2-6-15(22)10-13/h1-11H. The first-order chi connectivity index (χ1) is 12.9. The number of rotatable bonds is 2. The van der Waals surface area contributed by atoms with Crippen molar-refractivity contribution in [1.29, 1.82) is 0 Å². The van der Waals surface area contributed by atoms with Crippen LogP contribution in [0.15, 0.2) is 81.8 Å². The monoisotopic (exact) mass is 416 g/mol. The van der Waals surface area contributed by atoms with Gasteiger partial charge in [-0.3, -0.25) is 9.59 Å². The lowest BCUT2D eigenvalue weighted by Crippen LogP contribution is -2.09. The topological polar surface area (TPSA) is 58.9 Å². The van der Waals surface area contributed by atoms with Crippen LogP contribution >= 0.6 is 34.8 Å². The smallest absolute Gasteiger partial charge is 0.267 e. The third-order valence-corrected chi connectivity index (χ3v) is 4.30. The molecule has 0 aromatic heterocycles. The Balaban J connectivity index is 1.80. The van der Waals surface area contributed by atoms with Crippen LogP contribution in [-0.2, 0) is 0 Å². The summed E-state index contributed by atoms with van der Waals surface area (Å²) in [5.41, 5.74) is 1.34. The van der Waals surface area contributed by atoms with E-state index in [4.69, 9.17) is 34.8 Å². The number of hydrogen-bond acceptors (Lipinski definition) is 2. The number of benzene rings is 2. The quantitative estimate of drug-likeness (QED) is 0.602. The molecule has 2 amide bonds. The van der Waals surface area contributed by atoms with Crippen molar-refractivity contribution in [2.75, 3.05) is 0 Å². The molecule has 2 aromatic carbocycles. The average Bonchev–Trinajstić information content (AvgIpc) is 2.64. The lowest BCUT2D eigenvalue weighted by atomic mass is 10.1. The summed E-state index contributed by atoms with van der Waals surface area (Å²) in [6, 6.07) is 12.9. The minimum absolute atomic E-state index is 0.200. The third kappa shape index (κ3) is 5.01. The van der Waals surface area contributed by atoms with Gasteiger partial charge in [-0.15, -0.1) is 0 Å². The van der Waals surface area contributed by atoms with E-state index in [9.17, 15) is 9.59 Å². The largest absolute Gasteiger partial charge is 0.277 e. The number of carbonyl (C=O) groups is 2. The van der Waals surface area contributed by atoms with Crippen LogP contribution in [0.5, 0.6) is 0 Å². The van der Waals surface area contributed by atoms with Gasteiger partial charge in [-0.25, -0.2) is 9.98 Å². The van der Waals surface area contributed by atoms with Crippen molar-refractivity contribution in [3.05, 3.63) is 93.0 Å². The summed E-state index contributed by atoms with van der Waals surface area (Å²) < 4.78 is 0. The van der Waals surface area contributed by atoms with E-state index in [1.54, 1.807) is 42.5 Å². The van der Waals surface area contributed by atoms with Crippen molar-refractivity contribution in [3.63, 3.8) is 0 Å². The fourth-order valence-corrected chi connectivity index (χ4v) is 2.85. The third-order valence-electron chi connectivity index (χ3n) is 3.53. The van der Waals surface area contributed by atoms with Gasteiger partial charge >= 0.3 is 0 Å². The van der Waals surface area contributed by atoms with Gasteiger partial charge in [0, 0.05) is 21.2 Å². The molecule has 0 radical (unpaired) electrons. The number of carbonyl (C=O) groups excluding carboxylic acids is 2. The molecule has 1 aliphatic rings. The number of allylic oxidation sites excluding steroid dienone is 4. The molecular formula is C20H11Cl3N2O2. The Morgan fingerprint density at radius 3 is 1.81 bits per heavy atom. The highest BCUT2D eigenvalue weighted by Crippen LogP contribution is 2.17. The van der Waals surface area contributed by atoms with Gasteiger partial charge in [0.1, 0.15) is 0 Å². The van der Waals surface area contributed by atoms with Crippen LogP contribution in [0.3, 0.4) is 0 Å². The van der Waals surface area contributed by atoms with E-state index in [0.717, 1.165) is 0 Å². The highest BCUT2D eigenvalue weighted by atomic mass is 35.5. The fourth-order valence-electron chi connectivity index (χ4n) is 2.25. The van der Waals surface area contributed by atoms with Crippen molar-refractivity contribution in [3.8, 4) is 0 Å². The van der Waals surface area contributed by atoms with Gasteiger partial charge in [0.25, 0.3) is 11.8 Å². The first kappa shape index (κ1) is 19.2. The molecule has 27 heavy (non-hydrogen) atoms. The number of nitrogens with zero attached hydrogens (tertiary/aromatic N) is 2. The maximum absolute atomic E-state index is 12.2. The Kier molecular flexibility index (Phi) is 6.01. The van der Waals surface area contributed by atoms with Crippen LogP contribution in [0.1, 0.15) is 20.7 Å². The first-order valence-electron chi connectivity index (χ1n) is 7.75. The fraction of sp³-hybridized carbons (Fsp3) is 0. The van der Waals surface area contributed by atoms with E-state index in [0.29, 0.717) is 26.9 Å². The van der Waals surface area contributed by atoms with Crippen LogP contribution < -0.4 is 0 Å². The molecule has 0 saturated heterocycles. The van der Waals surface area contributed by atoms with Crippen LogP contribution in [0, 0.1) is 0 Å². The van der Waals surface area contributed by atoms with Crippen molar-refractivity contribution < 1.29 is 9.59 Å². The molecule has 0 unspecified atom stereocenters. The van der Waals surface area contributed by atoms with Crippen LogP contribution in [-0.4, -0.2) is 23.2 Å². The Bertz CT molecular complexity index is 1050. The van der Waals surface area contributed by atoms with E-state index in [-0.39, 0.29) is 10.7 Å². The molecule has 1 aliphatic carbocycles. The molecule has 0 N–H and O–H groups in total. The SMILES string of the molecule is O=C(N=C1C=CC(=NC(=O)c2cccc(Cl)c2)C(Cl)=C1)c1cccc(Cl)c1. The second kappa shape index (κ2) is 8.44. The second-order valence-electron chi connectivity index (χ2n) is 5.49. The Morgan fingerprint density at radius 1 is 0.741 bits per heavy atom. The van der Waals surface area contributed by atoms with Crippen molar-refractivity contribution in [2.24, 2.45) is 9.98 Å². The van der Waals surface area contributed by atoms with Crippen molar-refractivity contribution in [2.45, 2.75) is 0 Å². The minimum atomic E-state index is -0.473. The van der Waals surface area contributed by atoms with E-state index in [1.165, 1.54) is 24.3 Å². The molecule has 3 rings (SSSR count). The lowest BCUT2D eigenvalue weighted by Gasteiger charge is -2.06. The molecule has 7 heteroatoms. The van der Waals surface area contributed by atoms with E-state index in [1.807, 2.05) is 0 Å². The van der Waals surface area contributed by atoms with E-state index in [2.05, 4.69) is 9.98 Å². The van der Waals surface area contributed by atoms with E-state index >= 15 is 0 Å². The molecule has 0 spiro atoms. The normalized spacial score (nSPS) is 16.5. The zero-order valence-corrected chi connectivity index (χ0v) is 16.0. The van der Waals surface area contributed by atoms with Crippen molar-refractivity contribution >= 4 is 58.0 Å². The summed E-state index contributed by atoms with van der Waals surface area (Å²) in [5, 5.41) is 1.09. The molecule has 0 atom stereocenters. The zero-order chi connectivity index (χ0) is 19.4. The predicted molar refractivity (Wildman–Crippen MR) is 110 cm³/mol. The zero-order valence-electron chi connectivity index (χ0n) is 13.7. The molecule has 0 fully saturated rings. The van der Waals surface area contributed by atoms with Gasteiger partial charge in [-0.1, -0.05) is 46.9 Å². The molecule has 0 bridgehead atoms. The van der Waals surface area contributed by atoms with Gasteiger partial charge < -0.3 is 0 Å². The Labute approximate surface area is 170 Å². The van der Waals surface area contributed by atoms with Gasteiger partial charge in [0.05, 0.1) is 16.5 Å². The van der Waals surface area contributed by atoms with Gasteiger partial charge in [0.15, 0.2) is 0 Å². The Morgan fingerprint density at radius 2 is 1.30 bits per heavy atom. The first-order valence-corrected chi connectivity index (χ1v) is 8.88. The summed E-state index contributed by atoms with van der Waals surface area (Å²) in [7, 11) is 0. The van der Waals surface area contributed by atoms with Gasteiger partial charge in [-0.05, 0) is 54.6 Å². The predicted octanol–water partition coefficient (Wildman–Crippen LogP) is 5.55. The highest BCUT2D eigenvalue weighted by Gasteiger charge is 2.13. The summed E-state index contributed by atoms with van der Waals surface area (Å²) in [5.74, 6) is -0.924. The molecular weight excluding hydrogens is 407 g/mol. The van der Waals surface area contributed by atoms with Crippen molar-refractivity contribution in [1.82, 2.24) is 0 Å². The van der Waals surface area contributed by atoms with E-state index < -0.39 is 11.8 Å². The highest BCUT2D eigenvalue weighted by molar-refractivity contribution is 6.49. The van der Waals surface area contributed by atoms with Crippen LogP contribution in [0.4, 0.5) is 0 Å². The number of amides is 2. The summed E-state index contributed by atoms with van der Waals surface area (Å²) >= 11 is 17.9. The number of aliphatic imine (C=N–C) groups is 2. The summed E-state index contributed by atoms with van der Waals surface area (Å²) in [6.07, 6.45) is 4.54. The molecule has 0 saturated carbocycles. The van der Waals surface area contributed by atoms with Crippen LogP contribution in [0.25, 0.3) is 0 Å². The maximum atomic E-state index is 12.2. The number of hydrogen-bond donors (Lipinski definition) is 0. The summed E-state index contributed by atoms with van der Waals surface area (Å²) in [4.78, 5) is 32.4. The molecule has 0 aliphatic heterocycles. The molecule has 0 heterocycles. The Hall–Kier alpha value is -2.53. The van der Waals surface area contributed by atoms with Gasteiger partial charge in [-0.2, -0.15) is 0 Å².